The predicted octanol–water partition coefficient (Wildman–Crippen LogP) is 24.1. The Morgan fingerprint density at radius 2 is 0.510 bits per heavy atom. The van der Waals surface area contributed by atoms with Crippen LogP contribution in [0.5, 0.6) is 0 Å². The molecule has 0 saturated heterocycles. The average molecular weight is 1470 g/mol. The van der Waals surface area contributed by atoms with Crippen molar-refractivity contribution in [3.05, 3.63) is 0 Å². The molecule has 0 aliphatic rings. The first-order valence-electron chi connectivity index (χ1n) is 41.9. The van der Waals surface area contributed by atoms with Crippen molar-refractivity contribution < 1.29 is 80.2 Å². The number of phosphoric ester groups is 2. The van der Waals surface area contributed by atoms with Gasteiger partial charge in [0.15, 0.2) is 12.2 Å². The van der Waals surface area contributed by atoms with Crippen molar-refractivity contribution in [3.8, 4) is 0 Å². The molecular formula is C81H158O17P2. The second-order valence-electron chi connectivity index (χ2n) is 30.4. The number of carbonyl (C=O) groups excluding carboxylic acids is 4. The van der Waals surface area contributed by atoms with E-state index in [1.165, 1.54) is 225 Å². The van der Waals surface area contributed by atoms with Crippen molar-refractivity contribution in [2.75, 3.05) is 39.6 Å². The molecule has 0 radical (unpaired) electrons. The van der Waals surface area contributed by atoms with E-state index in [0.29, 0.717) is 31.6 Å². The number of hydrogen-bond donors (Lipinski definition) is 3. The summed E-state index contributed by atoms with van der Waals surface area (Å²) in [4.78, 5) is 73.0. The van der Waals surface area contributed by atoms with Gasteiger partial charge in [-0.25, -0.2) is 9.13 Å². The van der Waals surface area contributed by atoms with E-state index in [4.69, 9.17) is 37.0 Å². The van der Waals surface area contributed by atoms with Crippen LogP contribution in [-0.4, -0.2) is 96.7 Å². The lowest BCUT2D eigenvalue weighted by Gasteiger charge is -2.21. The molecule has 0 heterocycles. The van der Waals surface area contributed by atoms with Crippen LogP contribution >= 0.6 is 15.6 Å². The Balaban J connectivity index is 5.23. The average Bonchev–Trinajstić information content (AvgIpc) is 0.916. The van der Waals surface area contributed by atoms with Crippen LogP contribution < -0.4 is 0 Å². The minimum atomic E-state index is -4.96. The topological polar surface area (TPSA) is 237 Å². The predicted molar refractivity (Wildman–Crippen MR) is 409 cm³/mol. The Labute approximate surface area is 613 Å². The Hall–Kier alpha value is -1.94. The highest BCUT2D eigenvalue weighted by Gasteiger charge is 2.30. The van der Waals surface area contributed by atoms with E-state index < -0.39 is 97.5 Å². The summed E-state index contributed by atoms with van der Waals surface area (Å²) in [6.45, 7) is 11.9. The Kier molecular flexibility index (Phi) is 69.9. The lowest BCUT2D eigenvalue weighted by molar-refractivity contribution is -0.161. The summed E-state index contributed by atoms with van der Waals surface area (Å²) in [5.41, 5.74) is 0. The molecule has 0 saturated carbocycles. The zero-order chi connectivity index (χ0) is 73.7. The molecule has 0 spiro atoms. The van der Waals surface area contributed by atoms with Gasteiger partial charge < -0.3 is 33.8 Å². The van der Waals surface area contributed by atoms with Gasteiger partial charge in [0.1, 0.15) is 19.3 Å². The highest BCUT2D eigenvalue weighted by Crippen LogP contribution is 2.45. The van der Waals surface area contributed by atoms with E-state index in [-0.39, 0.29) is 25.7 Å². The molecule has 100 heavy (non-hydrogen) atoms. The summed E-state index contributed by atoms with van der Waals surface area (Å²) < 4.78 is 68.7. The lowest BCUT2D eigenvalue weighted by atomic mass is 9.99. The Morgan fingerprint density at radius 1 is 0.290 bits per heavy atom. The molecule has 0 fully saturated rings. The van der Waals surface area contributed by atoms with Crippen LogP contribution in [0.25, 0.3) is 0 Å². The summed E-state index contributed by atoms with van der Waals surface area (Å²) in [5, 5.41) is 10.6. The van der Waals surface area contributed by atoms with E-state index in [1.54, 1.807) is 0 Å². The number of aliphatic hydroxyl groups excluding tert-OH is 1. The molecule has 6 atom stereocenters. The Morgan fingerprint density at radius 3 is 0.760 bits per heavy atom. The normalized spacial score (nSPS) is 14.2. The number of aliphatic hydroxyl groups is 1. The third-order valence-corrected chi connectivity index (χ3v) is 21.1. The van der Waals surface area contributed by atoms with Crippen LogP contribution in [-0.2, 0) is 65.4 Å². The van der Waals surface area contributed by atoms with Gasteiger partial charge in [-0.1, -0.05) is 370 Å². The smallest absolute Gasteiger partial charge is 0.462 e. The first kappa shape index (κ1) is 98.1. The zero-order valence-corrected chi connectivity index (χ0v) is 67.5. The van der Waals surface area contributed by atoms with Crippen molar-refractivity contribution in [1.29, 1.82) is 0 Å². The Bertz CT molecular complexity index is 1940. The highest BCUT2D eigenvalue weighted by atomic mass is 31.2. The number of phosphoric acid groups is 2. The SMILES string of the molecule is CCCCCCCCCCCCCCCCCCCC(=O)OC[C@H](COP(=O)(O)OC[C@@H](O)COP(=O)(O)OC[C@@H](COC(=O)CCCCCCCCC(C)C)OC(=O)CCCCCCCCCCCCCCCC(C)C)OC(=O)CCCCCCCCCCCCCCCCC(C)CC. The van der Waals surface area contributed by atoms with Gasteiger partial charge in [0, 0.05) is 25.7 Å². The molecule has 0 aromatic rings. The maximum Gasteiger partial charge on any atom is 0.472 e. The second kappa shape index (κ2) is 71.3. The fourth-order valence-corrected chi connectivity index (χ4v) is 14.0. The number of rotatable bonds is 79. The van der Waals surface area contributed by atoms with Gasteiger partial charge in [-0.15, -0.1) is 0 Å². The first-order valence-corrected chi connectivity index (χ1v) is 44.9. The van der Waals surface area contributed by atoms with E-state index >= 15 is 0 Å². The monoisotopic (exact) mass is 1470 g/mol. The van der Waals surface area contributed by atoms with Crippen molar-refractivity contribution in [2.45, 2.75) is 439 Å². The van der Waals surface area contributed by atoms with Crippen molar-refractivity contribution in [2.24, 2.45) is 17.8 Å². The molecule has 0 aliphatic carbocycles. The summed E-state index contributed by atoms with van der Waals surface area (Å²) >= 11 is 0. The van der Waals surface area contributed by atoms with Gasteiger partial charge in [-0.3, -0.25) is 37.3 Å². The molecule has 0 aromatic heterocycles. The quantitative estimate of drug-likeness (QED) is 0.0222. The number of hydrogen-bond acceptors (Lipinski definition) is 15. The molecular weight excluding hydrogens is 1310 g/mol. The third-order valence-electron chi connectivity index (χ3n) is 19.2. The first-order chi connectivity index (χ1) is 48.3. The fourth-order valence-electron chi connectivity index (χ4n) is 12.5. The molecule has 3 unspecified atom stereocenters. The summed E-state index contributed by atoms with van der Waals surface area (Å²) in [5.74, 6) is 0.199. The number of carbonyl (C=O) groups is 4. The molecule has 0 aromatic carbocycles. The summed E-state index contributed by atoms with van der Waals surface area (Å²) in [6.07, 6.45) is 59.7. The van der Waals surface area contributed by atoms with Gasteiger partial charge in [-0.05, 0) is 43.4 Å². The fraction of sp³-hybridized carbons (Fsp3) is 0.951. The minimum Gasteiger partial charge on any atom is -0.462 e. The molecule has 594 valence electrons. The van der Waals surface area contributed by atoms with E-state index in [9.17, 15) is 43.2 Å². The van der Waals surface area contributed by atoms with Crippen molar-refractivity contribution in [1.82, 2.24) is 0 Å². The molecule has 0 rings (SSSR count). The van der Waals surface area contributed by atoms with Gasteiger partial charge in [0.05, 0.1) is 26.4 Å². The molecule has 3 N–H and O–H groups in total. The summed E-state index contributed by atoms with van der Waals surface area (Å²) in [6, 6.07) is 0. The van der Waals surface area contributed by atoms with Gasteiger partial charge >= 0.3 is 39.5 Å². The minimum absolute atomic E-state index is 0.106. The van der Waals surface area contributed by atoms with Crippen LogP contribution in [0.2, 0.25) is 0 Å². The van der Waals surface area contributed by atoms with Crippen LogP contribution in [0.1, 0.15) is 421 Å². The van der Waals surface area contributed by atoms with E-state index in [1.807, 2.05) is 0 Å². The maximum atomic E-state index is 13.1. The number of esters is 4. The van der Waals surface area contributed by atoms with Crippen LogP contribution in [0.15, 0.2) is 0 Å². The summed E-state index contributed by atoms with van der Waals surface area (Å²) in [7, 11) is -9.92. The number of unbranched alkanes of at least 4 members (excludes halogenated alkanes) is 46. The highest BCUT2D eigenvalue weighted by molar-refractivity contribution is 7.47. The largest absolute Gasteiger partial charge is 0.472 e. The standard InChI is InChI=1S/C81H158O17P2/c1-8-10-11-12-13-14-15-16-17-18-19-25-30-35-40-48-55-62-78(83)91-68-76(97-80(85)64-57-50-41-36-31-26-21-20-24-29-34-39-47-54-61-74(7)9-2)70-95-99(87,88)93-66-75(82)67-94-100(89,90)96-71-77(69-92-79(84)63-56-49-44-43-46-53-60-73(5)6)98-81(86)65-58-51-42-37-32-27-22-23-28-33-38-45-52-59-72(3)4/h72-77,82H,8-71H2,1-7H3,(H,87,88)(H,89,90)/t74?,75-,76-,77-/m1/s1. The molecule has 17 nitrogen and oxygen atoms in total. The van der Waals surface area contributed by atoms with E-state index in [2.05, 4.69) is 48.5 Å². The maximum absolute atomic E-state index is 13.1. The van der Waals surface area contributed by atoms with Gasteiger partial charge in [0.2, 0.25) is 0 Å². The van der Waals surface area contributed by atoms with E-state index in [0.717, 1.165) is 108 Å². The van der Waals surface area contributed by atoms with Crippen LogP contribution in [0.3, 0.4) is 0 Å². The van der Waals surface area contributed by atoms with Crippen LogP contribution in [0.4, 0.5) is 0 Å². The lowest BCUT2D eigenvalue weighted by Crippen LogP contribution is -2.30. The van der Waals surface area contributed by atoms with Gasteiger partial charge in [0.25, 0.3) is 0 Å². The molecule has 19 heteroatoms. The van der Waals surface area contributed by atoms with Crippen LogP contribution in [0, 0.1) is 17.8 Å². The molecule has 0 aliphatic heterocycles. The van der Waals surface area contributed by atoms with Crippen molar-refractivity contribution >= 4 is 39.5 Å². The van der Waals surface area contributed by atoms with Crippen molar-refractivity contribution in [3.63, 3.8) is 0 Å². The number of ether oxygens (including phenoxy) is 4. The molecule has 0 bridgehead atoms. The second-order valence-corrected chi connectivity index (χ2v) is 33.3. The molecule has 0 amide bonds. The zero-order valence-electron chi connectivity index (χ0n) is 65.7. The third kappa shape index (κ3) is 73.0. The van der Waals surface area contributed by atoms with Gasteiger partial charge in [-0.2, -0.15) is 0 Å².